The van der Waals surface area contributed by atoms with E-state index in [9.17, 15) is 14.4 Å². The summed E-state index contributed by atoms with van der Waals surface area (Å²) in [5.41, 5.74) is 3.03. The number of aromatic nitrogens is 2. The Bertz CT molecular complexity index is 1230. The fourth-order valence-electron chi connectivity index (χ4n) is 4.69. The van der Waals surface area contributed by atoms with Crippen molar-refractivity contribution >= 4 is 23.4 Å². The summed E-state index contributed by atoms with van der Waals surface area (Å²) in [4.78, 5) is 45.4. The Morgan fingerprint density at radius 2 is 2.00 bits per heavy atom. The van der Waals surface area contributed by atoms with E-state index >= 15 is 0 Å². The largest absolute Gasteiger partial charge is 0.385 e. The number of carbonyl (C=O) groups excluding carboxylic acids is 3. The Morgan fingerprint density at radius 1 is 1.21 bits per heavy atom. The zero-order valence-electron chi connectivity index (χ0n) is 19.8. The average Bonchev–Trinajstić information content (AvgIpc) is 3.31. The van der Waals surface area contributed by atoms with Gasteiger partial charge in [0, 0.05) is 45.5 Å². The Labute approximate surface area is 198 Å². The molecule has 1 fully saturated rings. The molecule has 1 unspecified atom stereocenters. The van der Waals surface area contributed by atoms with Gasteiger partial charge < -0.3 is 14.5 Å². The van der Waals surface area contributed by atoms with Gasteiger partial charge >= 0.3 is 0 Å². The molecule has 3 heterocycles. The van der Waals surface area contributed by atoms with Crippen molar-refractivity contribution in [2.75, 3.05) is 20.3 Å². The fraction of sp³-hybridized carbons (Fsp3) is 0.385. The molecular formula is C26H30N4O4. The number of ether oxygens (including phenoxy) is 1. The standard InChI is InChI=1S/C26H30N4O4/c1-18-9-11-29-17-20(28-22(29)13-18)16-27-23(31)14-26(21-8-5-4-7-19(21)2)15-24(32)30(25(26)33)10-6-12-34-3/h4-5,7-9,11,13,17H,6,10,12,14-16H2,1-3H3,(H,27,31). The molecule has 0 radical (unpaired) electrons. The number of likely N-dealkylation sites (tertiary alicyclic amines) is 1. The third-order valence-corrected chi connectivity index (χ3v) is 6.39. The number of benzene rings is 1. The van der Waals surface area contributed by atoms with E-state index in [1.165, 1.54) is 4.90 Å². The highest BCUT2D eigenvalue weighted by Crippen LogP contribution is 2.41. The molecule has 4 rings (SSSR count). The molecule has 1 aliphatic rings. The van der Waals surface area contributed by atoms with Gasteiger partial charge in [0.2, 0.25) is 17.7 Å². The van der Waals surface area contributed by atoms with Crippen LogP contribution in [0.3, 0.4) is 0 Å². The number of nitrogens with one attached hydrogen (secondary N) is 1. The van der Waals surface area contributed by atoms with Gasteiger partial charge in [-0.2, -0.15) is 0 Å². The minimum absolute atomic E-state index is 0.0231. The third kappa shape index (κ3) is 4.59. The molecular weight excluding hydrogens is 432 g/mol. The van der Waals surface area contributed by atoms with Gasteiger partial charge in [-0.05, 0) is 49.1 Å². The van der Waals surface area contributed by atoms with E-state index in [-0.39, 0.29) is 43.7 Å². The number of rotatable bonds is 9. The average molecular weight is 463 g/mol. The molecule has 8 nitrogen and oxygen atoms in total. The number of hydrogen-bond acceptors (Lipinski definition) is 5. The fourth-order valence-corrected chi connectivity index (χ4v) is 4.69. The van der Waals surface area contributed by atoms with Crippen molar-refractivity contribution in [3.63, 3.8) is 0 Å². The van der Waals surface area contributed by atoms with Crippen LogP contribution in [0, 0.1) is 13.8 Å². The van der Waals surface area contributed by atoms with Gasteiger partial charge in [0.25, 0.3) is 0 Å². The van der Waals surface area contributed by atoms with E-state index in [4.69, 9.17) is 4.74 Å². The first kappa shape index (κ1) is 23.6. The number of methoxy groups -OCH3 is 1. The second-order valence-corrected chi connectivity index (χ2v) is 8.93. The maximum absolute atomic E-state index is 13.6. The molecule has 1 atom stereocenters. The molecule has 0 bridgehead atoms. The zero-order chi connectivity index (χ0) is 24.3. The van der Waals surface area contributed by atoms with Crippen molar-refractivity contribution in [1.82, 2.24) is 19.6 Å². The summed E-state index contributed by atoms with van der Waals surface area (Å²) in [6, 6.07) is 11.4. The predicted octanol–water partition coefficient (Wildman–Crippen LogP) is 2.69. The van der Waals surface area contributed by atoms with Crippen molar-refractivity contribution in [3.8, 4) is 0 Å². The second kappa shape index (κ2) is 9.77. The van der Waals surface area contributed by atoms with E-state index in [0.29, 0.717) is 13.0 Å². The highest BCUT2D eigenvalue weighted by atomic mass is 16.5. The van der Waals surface area contributed by atoms with Crippen molar-refractivity contribution in [1.29, 1.82) is 0 Å². The summed E-state index contributed by atoms with van der Waals surface area (Å²) in [6.07, 6.45) is 4.23. The van der Waals surface area contributed by atoms with Crippen LogP contribution in [0.25, 0.3) is 5.65 Å². The van der Waals surface area contributed by atoms with Crippen molar-refractivity contribution < 1.29 is 19.1 Å². The van der Waals surface area contributed by atoms with E-state index in [2.05, 4.69) is 10.3 Å². The topological polar surface area (TPSA) is 93.0 Å². The minimum atomic E-state index is -1.21. The van der Waals surface area contributed by atoms with Crippen LogP contribution in [0.4, 0.5) is 0 Å². The monoisotopic (exact) mass is 462 g/mol. The summed E-state index contributed by atoms with van der Waals surface area (Å²) in [5, 5.41) is 2.90. The number of imide groups is 1. The first-order valence-electron chi connectivity index (χ1n) is 11.4. The Balaban J connectivity index is 1.55. The van der Waals surface area contributed by atoms with Gasteiger partial charge in [-0.3, -0.25) is 19.3 Å². The molecule has 34 heavy (non-hydrogen) atoms. The van der Waals surface area contributed by atoms with Crippen molar-refractivity contribution in [3.05, 3.63) is 71.2 Å². The summed E-state index contributed by atoms with van der Waals surface area (Å²) < 4.78 is 6.98. The summed E-state index contributed by atoms with van der Waals surface area (Å²) in [7, 11) is 1.58. The second-order valence-electron chi connectivity index (χ2n) is 8.93. The molecule has 0 spiro atoms. The van der Waals surface area contributed by atoms with E-state index in [1.54, 1.807) is 7.11 Å². The van der Waals surface area contributed by atoms with E-state index in [1.807, 2.05) is 67.0 Å². The van der Waals surface area contributed by atoms with Crippen LogP contribution in [-0.4, -0.2) is 52.3 Å². The number of amides is 3. The maximum Gasteiger partial charge on any atom is 0.240 e. The number of fused-ring (bicyclic) bond motifs is 1. The Kier molecular flexibility index (Phi) is 6.79. The number of aryl methyl sites for hydroxylation is 2. The van der Waals surface area contributed by atoms with E-state index < -0.39 is 5.41 Å². The molecule has 0 aliphatic carbocycles. The number of imidazole rings is 1. The Morgan fingerprint density at radius 3 is 2.76 bits per heavy atom. The lowest BCUT2D eigenvalue weighted by Crippen LogP contribution is -2.43. The van der Waals surface area contributed by atoms with Crippen molar-refractivity contribution in [2.24, 2.45) is 0 Å². The minimum Gasteiger partial charge on any atom is -0.385 e. The normalized spacial score (nSPS) is 18.1. The number of nitrogens with zero attached hydrogens (tertiary/aromatic N) is 3. The lowest BCUT2D eigenvalue weighted by Gasteiger charge is -2.28. The molecule has 1 aromatic carbocycles. The number of hydrogen-bond donors (Lipinski definition) is 1. The molecule has 178 valence electrons. The molecule has 2 aromatic heterocycles. The summed E-state index contributed by atoms with van der Waals surface area (Å²) in [5.74, 6) is -0.870. The Hall–Kier alpha value is -3.52. The molecule has 0 saturated carbocycles. The SMILES string of the molecule is COCCCN1C(=O)CC(CC(=O)NCc2cn3ccc(C)cc3n2)(c2ccccc2C)C1=O. The summed E-state index contributed by atoms with van der Waals surface area (Å²) in [6.45, 7) is 4.87. The van der Waals surface area contributed by atoms with Crippen molar-refractivity contribution in [2.45, 2.75) is 45.1 Å². The summed E-state index contributed by atoms with van der Waals surface area (Å²) >= 11 is 0. The smallest absolute Gasteiger partial charge is 0.240 e. The van der Waals surface area contributed by atoms with Crippen LogP contribution >= 0.6 is 0 Å². The van der Waals surface area contributed by atoms with Crippen LogP contribution in [-0.2, 0) is 31.1 Å². The van der Waals surface area contributed by atoms with Gasteiger partial charge in [-0.25, -0.2) is 4.98 Å². The molecule has 3 aromatic rings. The van der Waals surface area contributed by atoms with Crippen LogP contribution in [0.2, 0.25) is 0 Å². The molecule has 1 saturated heterocycles. The first-order valence-corrected chi connectivity index (χ1v) is 11.4. The van der Waals surface area contributed by atoms with Crippen LogP contribution in [0.15, 0.2) is 48.8 Å². The van der Waals surface area contributed by atoms with Gasteiger partial charge in [0.05, 0.1) is 17.7 Å². The van der Waals surface area contributed by atoms with Gasteiger partial charge in [0.15, 0.2) is 0 Å². The first-order chi connectivity index (χ1) is 16.3. The lowest BCUT2D eigenvalue weighted by atomic mass is 9.74. The van der Waals surface area contributed by atoms with E-state index in [0.717, 1.165) is 28.0 Å². The highest BCUT2D eigenvalue weighted by molar-refractivity contribution is 6.10. The molecule has 1 N–H and O–H groups in total. The maximum atomic E-state index is 13.6. The number of carbonyl (C=O) groups is 3. The van der Waals surface area contributed by atoms with Gasteiger partial charge in [0.1, 0.15) is 5.65 Å². The third-order valence-electron chi connectivity index (χ3n) is 6.39. The predicted molar refractivity (Wildman–Crippen MR) is 127 cm³/mol. The highest BCUT2D eigenvalue weighted by Gasteiger charge is 2.53. The molecule has 1 aliphatic heterocycles. The van der Waals surface area contributed by atoms with Crippen LogP contribution < -0.4 is 5.32 Å². The molecule has 8 heteroatoms. The molecule has 3 amide bonds. The zero-order valence-corrected chi connectivity index (χ0v) is 19.8. The van der Waals surface area contributed by atoms with Gasteiger partial charge in [-0.1, -0.05) is 24.3 Å². The van der Waals surface area contributed by atoms with Crippen LogP contribution in [0.5, 0.6) is 0 Å². The van der Waals surface area contributed by atoms with Crippen LogP contribution in [0.1, 0.15) is 41.6 Å². The van der Waals surface area contributed by atoms with Gasteiger partial charge in [-0.15, -0.1) is 0 Å². The quantitative estimate of drug-likeness (QED) is 0.390. The number of pyridine rings is 1. The lowest BCUT2D eigenvalue weighted by molar-refractivity contribution is -0.141.